The fraction of sp³-hybridized carbons (Fsp3) is 0. The first kappa shape index (κ1) is 12.9. The van der Waals surface area contributed by atoms with Gasteiger partial charge in [-0.3, -0.25) is 4.79 Å². The molecule has 0 aliphatic heterocycles. The van der Waals surface area contributed by atoms with Crippen molar-refractivity contribution in [3.63, 3.8) is 0 Å². The van der Waals surface area contributed by atoms with Gasteiger partial charge in [-0.15, -0.1) is 10.2 Å². The van der Waals surface area contributed by atoms with Crippen LogP contribution in [0.3, 0.4) is 0 Å². The van der Waals surface area contributed by atoms with Crippen LogP contribution in [0.15, 0.2) is 49.1 Å². The molecule has 0 spiro atoms. The zero-order valence-corrected chi connectivity index (χ0v) is 10.6. The average Bonchev–Trinajstić information content (AvgIpc) is 3.04. The monoisotopic (exact) mass is 284 g/mol. The van der Waals surface area contributed by atoms with Gasteiger partial charge in [0.25, 0.3) is 5.91 Å². The smallest absolute Gasteiger partial charge is 0.276 e. The Morgan fingerprint density at radius 1 is 1.10 bits per heavy atom. The molecule has 3 rings (SSSR count). The molecule has 104 valence electrons. The van der Waals surface area contributed by atoms with E-state index < -0.39 is 5.91 Å². The molecule has 0 saturated carbocycles. The second-order valence-electron chi connectivity index (χ2n) is 4.08. The number of rotatable bonds is 3. The van der Waals surface area contributed by atoms with Gasteiger partial charge in [-0.05, 0) is 36.4 Å². The predicted molar refractivity (Wildman–Crippen MR) is 71.3 cm³/mol. The van der Waals surface area contributed by atoms with Crippen LogP contribution in [0.4, 0.5) is 10.1 Å². The van der Waals surface area contributed by atoms with Gasteiger partial charge in [0.2, 0.25) is 0 Å². The molecule has 1 aromatic carbocycles. The van der Waals surface area contributed by atoms with E-state index in [4.69, 9.17) is 0 Å². The van der Waals surface area contributed by atoms with Crippen molar-refractivity contribution in [1.29, 1.82) is 0 Å². The van der Waals surface area contributed by atoms with E-state index in [0.717, 1.165) is 0 Å². The summed E-state index contributed by atoms with van der Waals surface area (Å²) in [5, 5.41) is 14.2. The van der Waals surface area contributed by atoms with Gasteiger partial charge < -0.3 is 5.32 Å². The molecule has 0 aliphatic rings. The van der Waals surface area contributed by atoms with Crippen molar-refractivity contribution in [2.45, 2.75) is 0 Å². The van der Waals surface area contributed by atoms with E-state index in [2.05, 4.69) is 25.6 Å². The summed E-state index contributed by atoms with van der Waals surface area (Å²) in [6.07, 6.45) is 2.85. The highest BCUT2D eigenvalue weighted by Crippen LogP contribution is 2.10. The van der Waals surface area contributed by atoms with E-state index in [1.54, 1.807) is 6.07 Å². The highest BCUT2D eigenvalue weighted by Gasteiger charge is 2.09. The molecule has 8 heteroatoms. The van der Waals surface area contributed by atoms with Crippen LogP contribution in [0.25, 0.3) is 5.82 Å². The summed E-state index contributed by atoms with van der Waals surface area (Å²) in [4.78, 5) is 15.7. The van der Waals surface area contributed by atoms with Gasteiger partial charge in [-0.2, -0.15) is 5.10 Å². The Labute approximate surface area is 118 Å². The number of anilines is 1. The molecule has 0 bridgehead atoms. The molecule has 0 aliphatic carbocycles. The molecule has 2 aromatic heterocycles. The van der Waals surface area contributed by atoms with Gasteiger partial charge in [0.15, 0.2) is 11.5 Å². The summed E-state index contributed by atoms with van der Waals surface area (Å²) >= 11 is 0. The van der Waals surface area contributed by atoms with Crippen molar-refractivity contribution in [3.8, 4) is 5.82 Å². The first-order valence-corrected chi connectivity index (χ1v) is 5.98. The van der Waals surface area contributed by atoms with Gasteiger partial charge in [-0.1, -0.05) is 0 Å². The fourth-order valence-corrected chi connectivity index (χ4v) is 1.62. The minimum Gasteiger partial charge on any atom is -0.321 e. The molecule has 0 atom stereocenters. The highest BCUT2D eigenvalue weighted by atomic mass is 19.1. The summed E-state index contributed by atoms with van der Waals surface area (Å²) in [5.41, 5.74) is 0.617. The lowest BCUT2D eigenvalue weighted by Crippen LogP contribution is -2.15. The molecule has 0 fully saturated rings. The van der Waals surface area contributed by atoms with Crippen LogP contribution in [0.2, 0.25) is 0 Å². The van der Waals surface area contributed by atoms with Crippen molar-refractivity contribution >= 4 is 11.6 Å². The largest absolute Gasteiger partial charge is 0.321 e. The van der Waals surface area contributed by atoms with Crippen LogP contribution < -0.4 is 5.32 Å². The van der Waals surface area contributed by atoms with Crippen molar-refractivity contribution in [3.05, 3.63) is 60.6 Å². The number of hydrogen-bond donors (Lipinski definition) is 1. The van der Waals surface area contributed by atoms with Crippen LogP contribution in [-0.2, 0) is 0 Å². The molecule has 0 radical (unpaired) electrons. The van der Waals surface area contributed by atoms with Crippen molar-refractivity contribution < 1.29 is 9.18 Å². The first-order chi connectivity index (χ1) is 10.2. The number of benzene rings is 1. The van der Waals surface area contributed by atoms with Crippen LogP contribution in [0, 0.1) is 5.82 Å². The minimum atomic E-state index is -0.431. The predicted octanol–water partition coefficient (Wildman–Crippen LogP) is 1.45. The van der Waals surface area contributed by atoms with Gasteiger partial charge >= 0.3 is 0 Å². The molecular formula is C13H9FN6O. The number of aromatic nitrogens is 5. The molecule has 1 amide bonds. The van der Waals surface area contributed by atoms with E-state index >= 15 is 0 Å². The van der Waals surface area contributed by atoms with Gasteiger partial charge in [-0.25, -0.2) is 14.1 Å². The molecule has 21 heavy (non-hydrogen) atoms. The van der Waals surface area contributed by atoms with Crippen LogP contribution in [0.5, 0.6) is 0 Å². The Morgan fingerprint density at radius 3 is 2.52 bits per heavy atom. The third-order valence-electron chi connectivity index (χ3n) is 2.64. The Kier molecular flexibility index (Phi) is 3.34. The zero-order chi connectivity index (χ0) is 14.7. The average molecular weight is 284 g/mol. The lowest BCUT2D eigenvalue weighted by Gasteiger charge is -2.04. The van der Waals surface area contributed by atoms with Crippen molar-refractivity contribution in [1.82, 2.24) is 25.0 Å². The fourth-order valence-electron chi connectivity index (χ4n) is 1.62. The van der Waals surface area contributed by atoms with Crippen LogP contribution >= 0.6 is 0 Å². The maximum absolute atomic E-state index is 12.8. The first-order valence-electron chi connectivity index (χ1n) is 5.98. The van der Waals surface area contributed by atoms with Gasteiger partial charge in [0.05, 0.1) is 0 Å². The summed E-state index contributed by atoms with van der Waals surface area (Å²) < 4.78 is 14.2. The third-order valence-corrected chi connectivity index (χ3v) is 2.64. The summed E-state index contributed by atoms with van der Waals surface area (Å²) in [7, 11) is 0. The van der Waals surface area contributed by atoms with E-state index in [0.29, 0.717) is 11.5 Å². The number of nitrogens with one attached hydrogen (secondary N) is 1. The summed E-state index contributed by atoms with van der Waals surface area (Å²) in [6.45, 7) is 0. The van der Waals surface area contributed by atoms with Gasteiger partial charge in [0.1, 0.15) is 18.5 Å². The number of hydrogen-bond acceptors (Lipinski definition) is 5. The molecule has 2 heterocycles. The highest BCUT2D eigenvalue weighted by molar-refractivity contribution is 6.02. The lowest BCUT2D eigenvalue weighted by molar-refractivity contribution is 0.102. The summed E-state index contributed by atoms with van der Waals surface area (Å²) in [5.74, 6) is -0.352. The number of halogens is 1. The van der Waals surface area contributed by atoms with E-state index in [1.807, 2.05) is 0 Å². The Morgan fingerprint density at radius 2 is 1.90 bits per heavy atom. The number of amides is 1. The van der Waals surface area contributed by atoms with Crippen molar-refractivity contribution in [2.75, 3.05) is 5.32 Å². The van der Waals surface area contributed by atoms with Gasteiger partial charge in [0, 0.05) is 5.69 Å². The molecule has 7 nitrogen and oxygen atoms in total. The lowest BCUT2D eigenvalue weighted by atomic mass is 10.3. The van der Waals surface area contributed by atoms with E-state index in [-0.39, 0.29) is 11.5 Å². The normalized spacial score (nSPS) is 10.3. The summed E-state index contributed by atoms with van der Waals surface area (Å²) in [6, 6.07) is 8.56. The SMILES string of the molecule is O=C(Nc1ccc(F)cc1)c1ccc(-n2cncn2)nn1. The van der Waals surface area contributed by atoms with Crippen molar-refractivity contribution in [2.24, 2.45) is 0 Å². The Hall–Kier alpha value is -3.16. The second-order valence-corrected chi connectivity index (χ2v) is 4.08. The molecular weight excluding hydrogens is 275 g/mol. The van der Waals surface area contributed by atoms with Crippen LogP contribution in [-0.4, -0.2) is 30.9 Å². The molecule has 1 N–H and O–H groups in total. The number of nitrogens with zero attached hydrogens (tertiary/aromatic N) is 5. The Balaban J connectivity index is 1.74. The number of carbonyl (C=O) groups is 1. The standard InChI is InChI=1S/C13H9FN6O/c14-9-1-3-10(4-2-9)17-13(21)11-5-6-12(19-18-11)20-8-15-7-16-20/h1-8H,(H,17,21). The second kappa shape index (κ2) is 5.45. The van der Waals surface area contributed by atoms with E-state index in [9.17, 15) is 9.18 Å². The molecule has 3 aromatic rings. The third kappa shape index (κ3) is 2.89. The topological polar surface area (TPSA) is 85.6 Å². The number of carbonyl (C=O) groups excluding carboxylic acids is 1. The maximum Gasteiger partial charge on any atom is 0.276 e. The zero-order valence-electron chi connectivity index (χ0n) is 10.6. The molecule has 0 unspecified atom stereocenters. The quantitative estimate of drug-likeness (QED) is 0.786. The maximum atomic E-state index is 12.8. The van der Waals surface area contributed by atoms with E-state index in [1.165, 1.54) is 47.7 Å². The minimum absolute atomic E-state index is 0.142. The molecule has 0 saturated heterocycles. The van der Waals surface area contributed by atoms with Crippen LogP contribution in [0.1, 0.15) is 10.5 Å². The Bertz CT molecular complexity index is 739.